The third-order valence-corrected chi connectivity index (χ3v) is 19.4. The number of rotatable bonds is 21. The summed E-state index contributed by atoms with van der Waals surface area (Å²) >= 11 is 0. The Morgan fingerprint density at radius 2 is 1.21 bits per heavy atom. The Bertz CT molecular complexity index is 3400. The van der Waals surface area contributed by atoms with Gasteiger partial charge in [-0.2, -0.15) is 0 Å². The van der Waals surface area contributed by atoms with Crippen molar-refractivity contribution in [1.29, 1.82) is 0 Å². The number of hydrogen-bond acceptors (Lipinski definition) is 19. The van der Waals surface area contributed by atoms with Crippen LogP contribution < -0.4 is 48.3 Å². The van der Waals surface area contributed by atoms with Gasteiger partial charge in [-0.15, -0.1) is 0 Å². The summed E-state index contributed by atoms with van der Waals surface area (Å²) < 4.78 is 6.17. The molecular formula is C72H105N13O19. The number of esters is 1. The van der Waals surface area contributed by atoms with Crippen LogP contribution in [0.5, 0.6) is 0 Å². The fourth-order valence-corrected chi connectivity index (χ4v) is 13.3. The van der Waals surface area contributed by atoms with Gasteiger partial charge in [-0.1, -0.05) is 101 Å². The van der Waals surface area contributed by atoms with Crippen molar-refractivity contribution in [1.82, 2.24) is 62.1 Å². The number of carbonyl (C=O) groups is 14. The number of ether oxygens (including phenoxy) is 1. The number of carbonyl (C=O) groups excluding carboxylic acids is 14. The summed E-state index contributed by atoms with van der Waals surface area (Å²) in [6.45, 7) is 8.97. The minimum Gasteiger partial charge on any atom is -0.461 e. The molecule has 0 aromatic heterocycles. The number of aliphatic hydroxyl groups excluding tert-OH is 4. The number of amides is 13. The molecule has 4 saturated heterocycles. The molecule has 0 bridgehead atoms. The lowest BCUT2D eigenvalue weighted by Gasteiger charge is -2.34. The molecule has 104 heavy (non-hydrogen) atoms. The second-order valence-electron chi connectivity index (χ2n) is 27.7. The summed E-state index contributed by atoms with van der Waals surface area (Å²) in [6.07, 6.45) is -6.38. The van der Waals surface area contributed by atoms with Gasteiger partial charge in [0.15, 0.2) is 6.10 Å². The van der Waals surface area contributed by atoms with E-state index in [1.54, 1.807) is 74.5 Å². The Morgan fingerprint density at radius 1 is 0.654 bits per heavy atom. The van der Waals surface area contributed by atoms with E-state index in [4.69, 9.17) is 10.5 Å². The lowest BCUT2D eigenvalue weighted by atomic mass is 9.95. The molecule has 13 amide bonds. The molecule has 4 aliphatic heterocycles. The highest BCUT2D eigenvalue weighted by molar-refractivity contribution is 6.03. The zero-order valence-corrected chi connectivity index (χ0v) is 60.5. The number of nitrogens with one attached hydrogen (secondary N) is 8. The number of nitrogens with two attached hydrogens (primary N) is 1. The first-order chi connectivity index (χ1) is 49.4. The van der Waals surface area contributed by atoms with Gasteiger partial charge >= 0.3 is 5.97 Å². The van der Waals surface area contributed by atoms with E-state index in [-0.39, 0.29) is 76.9 Å². The predicted octanol–water partition coefficient (Wildman–Crippen LogP) is -2.12. The van der Waals surface area contributed by atoms with E-state index in [2.05, 4.69) is 42.5 Å². The minimum absolute atomic E-state index is 0.00347. The SMILES string of the molecule is C/C=C1/NC(=O)[C@H](CO)NC(=O)[C@@H]([C@H](C)CC)NC(=O)[C@@H]2CCCN2C(=O)[C@@H]2CCCN2C(=O)CNC(=O)[C@H](CCC(N)=O)NC(=O)C(O)C(CC(CC(O)Cc2ccccc2)OC(=O)[C@H](CC(C)C)N(C)C(C)=O)NC(=O)[C@H]2CCCN2C(=O)[C@@H](CCc2ccccc2)NC(=O)[C@H]([C@@H](C)O)NC1=O. The Hall–Kier alpha value is -9.40. The molecule has 0 radical (unpaired) electrons. The number of benzene rings is 2. The van der Waals surface area contributed by atoms with E-state index in [1.165, 1.54) is 42.5 Å². The molecule has 32 nitrogen and oxygen atoms in total. The summed E-state index contributed by atoms with van der Waals surface area (Å²) in [4.78, 5) is 204. The lowest BCUT2D eigenvalue weighted by molar-refractivity contribution is -0.161. The summed E-state index contributed by atoms with van der Waals surface area (Å²) in [5.41, 5.74) is 6.41. The molecule has 14 N–H and O–H groups in total. The maximum absolute atomic E-state index is 15.2. The van der Waals surface area contributed by atoms with Crippen molar-refractivity contribution in [2.45, 2.75) is 230 Å². The topological polar surface area (TPSA) is 464 Å². The van der Waals surface area contributed by atoms with Gasteiger partial charge in [-0.05, 0) is 107 Å². The van der Waals surface area contributed by atoms with Crippen LogP contribution in [0.3, 0.4) is 0 Å². The number of aryl methyl sites for hydroxylation is 1. The molecule has 2 aromatic rings. The van der Waals surface area contributed by atoms with Gasteiger partial charge in [0.2, 0.25) is 65.0 Å². The highest BCUT2D eigenvalue weighted by Crippen LogP contribution is 2.28. The normalized spacial score (nSPS) is 26.1. The number of primary amides is 1. The van der Waals surface area contributed by atoms with Gasteiger partial charge in [0.25, 0.3) is 11.8 Å². The fourth-order valence-electron chi connectivity index (χ4n) is 13.3. The van der Waals surface area contributed by atoms with Crippen LogP contribution in [-0.2, 0) is 84.7 Å². The van der Waals surface area contributed by atoms with Gasteiger partial charge in [0, 0.05) is 52.9 Å². The van der Waals surface area contributed by atoms with Crippen molar-refractivity contribution in [2.75, 3.05) is 39.8 Å². The Labute approximate surface area is 605 Å². The number of aliphatic hydroxyl groups is 4. The molecule has 2 aromatic carbocycles. The average molecular weight is 1460 g/mol. The van der Waals surface area contributed by atoms with E-state index in [1.807, 2.05) is 13.8 Å². The van der Waals surface area contributed by atoms with Crippen molar-refractivity contribution in [2.24, 2.45) is 17.6 Å². The van der Waals surface area contributed by atoms with Crippen LogP contribution in [0.1, 0.15) is 143 Å². The van der Waals surface area contributed by atoms with Crippen LogP contribution in [0.4, 0.5) is 0 Å². The van der Waals surface area contributed by atoms with Crippen LogP contribution >= 0.6 is 0 Å². The molecule has 0 saturated carbocycles. The van der Waals surface area contributed by atoms with E-state index in [0.29, 0.717) is 30.4 Å². The number of likely N-dealkylation sites (N-methyl/N-ethyl adjacent to an activating group) is 1. The third-order valence-electron chi connectivity index (χ3n) is 19.4. The first-order valence-electron chi connectivity index (χ1n) is 35.8. The minimum atomic E-state index is -2.42. The highest BCUT2D eigenvalue weighted by atomic mass is 16.5. The van der Waals surface area contributed by atoms with Gasteiger partial charge in [-0.3, -0.25) is 62.3 Å². The third kappa shape index (κ3) is 23.6. The van der Waals surface area contributed by atoms with Crippen LogP contribution in [-0.4, -0.2) is 247 Å². The maximum atomic E-state index is 15.2. The highest BCUT2D eigenvalue weighted by Gasteiger charge is 2.46. The van der Waals surface area contributed by atoms with Gasteiger partial charge in [0.05, 0.1) is 31.4 Å². The van der Waals surface area contributed by atoms with E-state index < -0.39 is 218 Å². The summed E-state index contributed by atoms with van der Waals surface area (Å²) in [5.74, 6) is -13.8. The first kappa shape index (κ1) is 83.5. The number of fused-ring (bicyclic) bond motifs is 3. The first-order valence-corrected chi connectivity index (χ1v) is 35.8. The number of allylic oxidation sites excluding steroid dienone is 1. The molecular weight excluding hydrogens is 1350 g/mol. The Morgan fingerprint density at radius 3 is 1.78 bits per heavy atom. The molecule has 6 rings (SSSR count). The monoisotopic (exact) mass is 1460 g/mol. The lowest BCUT2D eigenvalue weighted by Crippen LogP contribution is -2.61. The van der Waals surface area contributed by atoms with Crippen molar-refractivity contribution in [3.05, 3.63) is 83.6 Å². The van der Waals surface area contributed by atoms with E-state index in [9.17, 15) is 78.0 Å². The second kappa shape index (κ2) is 40.0. The average Bonchev–Trinajstić information content (AvgIpc) is 1.61. The summed E-state index contributed by atoms with van der Waals surface area (Å²) in [5, 5.41) is 65.9. The number of nitrogens with zero attached hydrogens (tertiary/aromatic N) is 4. The Balaban J connectivity index is 1.44. The Kier molecular flexibility index (Phi) is 32.2. The standard InChI is InChI=1S/C72H105N13O19/c1-9-41(5)59-67(98)79-52(39-86)64(95)75-48(10-2)63(94)81-60(42(6)87)68(99)77-50(28-27-44-20-13-11-14-21-44)70(101)84-32-17-24-53(84)65(96)78-51(37-47(36-46(89)35-45-22-15-12-16-23-45)104-72(103)56(34-40(3)4)82(8)43(7)88)61(92)69(100)76-49(29-30-57(73)90)62(93)74-38-58(91)83-31-19-26-55(83)71(102)85-33-18-25-54(85)66(97)80-59/h10-16,20-23,40-42,46-47,49-56,59-61,86-87,89,92H,9,17-19,24-39H2,1-8H3,(H2,73,90)(H,74,93)(H,75,95)(H,76,100)(H,77,99)(H,78,96)(H,79,98)(H,80,97)(H,81,94)/b48-10+/t41-,42-,46?,47?,49+,50-,51?,52+,53-,54+,55+,56+,59-,60+,61?/m1/s1. The van der Waals surface area contributed by atoms with E-state index >= 15 is 9.59 Å². The second-order valence-corrected chi connectivity index (χ2v) is 27.7. The molecule has 4 heterocycles. The molecule has 4 unspecified atom stereocenters. The molecule has 4 fully saturated rings. The van der Waals surface area contributed by atoms with Crippen LogP contribution in [0, 0.1) is 11.8 Å². The van der Waals surface area contributed by atoms with Gasteiger partial charge in [-0.25, -0.2) is 4.79 Å². The molecule has 4 aliphatic rings. The molecule has 572 valence electrons. The summed E-state index contributed by atoms with van der Waals surface area (Å²) in [6, 6.07) is 2.52. The van der Waals surface area contributed by atoms with E-state index in [0.717, 1.165) is 11.0 Å². The zero-order valence-electron chi connectivity index (χ0n) is 60.5. The van der Waals surface area contributed by atoms with Gasteiger partial charge in [0.1, 0.15) is 66.2 Å². The molecule has 15 atom stereocenters. The number of hydrogen-bond donors (Lipinski definition) is 13. The quantitative estimate of drug-likeness (QED) is 0.0470. The molecule has 32 heteroatoms. The molecule has 0 spiro atoms. The predicted molar refractivity (Wildman–Crippen MR) is 375 cm³/mol. The summed E-state index contributed by atoms with van der Waals surface area (Å²) in [7, 11) is 1.40. The fraction of sp³-hybridized carbons (Fsp3) is 0.611. The van der Waals surface area contributed by atoms with Gasteiger partial charge < -0.3 is 93.0 Å². The smallest absolute Gasteiger partial charge is 0.329 e. The largest absolute Gasteiger partial charge is 0.461 e. The van der Waals surface area contributed by atoms with Crippen molar-refractivity contribution in [3.63, 3.8) is 0 Å². The van der Waals surface area contributed by atoms with Crippen molar-refractivity contribution < 1.29 is 92.3 Å². The van der Waals surface area contributed by atoms with Crippen molar-refractivity contribution in [3.8, 4) is 0 Å². The van der Waals surface area contributed by atoms with Crippen LogP contribution in [0.2, 0.25) is 0 Å². The van der Waals surface area contributed by atoms with Crippen molar-refractivity contribution >= 4 is 82.8 Å². The molecule has 0 aliphatic carbocycles. The van der Waals surface area contributed by atoms with Crippen LogP contribution in [0.15, 0.2) is 72.4 Å². The zero-order chi connectivity index (χ0) is 76.6. The maximum Gasteiger partial charge on any atom is 0.329 e. The van der Waals surface area contributed by atoms with Crippen LogP contribution in [0.25, 0.3) is 0 Å².